The lowest BCUT2D eigenvalue weighted by Gasteiger charge is -2.47. The molecule has 5 rings (SSSR count). The Labute approximate surface area is 391 Å². The second-order valence-electron chi connectivity index (χ2n) is 19.6. The molecule has 2 saturated heterocycles. The van der Waals surface area contributed by atoms with Crippen molar-refractivity contribution in [2.24, 2.45) is 29.6 Å². The molecule has 0 spiro atoms. The van der Waals surface area contributed by atoms with Crippen LogP contribution in [0.1, 0.15) is 124 Å². The van der Waals surface area contributed by atoms with E-state index in [0.29, 0.717) is 62.5 Å². The first-order valence-corrected chi connectivity index (χ1v) is 24.0. The van der Waals surface area contributed by atoms with E-state index in [0.717, 1.165) is 5.57 Å². The number of carbonyl (C=O) groups is 4. The summed E-state index contributed by atoms with van der Waals surface area (Å²) >= 11 is 0. The monoisotopic (exact) mass is 928 g/mol. The maximum absolute atomic E-state index is 14.5. The second kappa shape index (κ2) is 24.1. The minimum absolute atomic E-state index is 0.0170. The molecule has 3 aliphatic heterocycles. The topological polar surface area (TPSA) is 208 Å². The van der Waals surface area contributed by atoms with Crippen LogP contribution in [0, 0.1) is 29.6 Å². The normalized spacial score (nSPS) is 36.7. The molecule has 3 heterocycles. The van der Waals surface area contributed by atoms with Crippen LogP contribution in [0.5, 0.6) is 5.75 Å². The van der Waals surface area contributed by atoms with Crippen molar-refractivity contribution in [1.29, 1.82) is 0 Å². The number of benzene rings is 1. The van der Waals surface area contributed by atoms with Gasteiger partial charge in [0, 0.05) is 52.0 Å². The highest BCUT2D eigenvalue weighted by molar-refractivity contribution is 6.39. The maximum atomic E-state index is 14.5. The van der Waals surface area contributed by atoms with E-state index in [9.17, 15) is 39.6 Å². The highest BCUT2D eigenvalue weighted by Gasteiger charge is 2.56. The van der Waals surface area contributed by atoms with Gasteiger partial charge >= 0.3 is 5.97 Å². The Morgan fingerprint density at radius 1 is 0.909 bits per heavy atom. The number of Topliss-reactive ketones (excluding diaryl/α,β-unsaturated/α-hetero) is 2. The van der Waals surface area contributed by atoms with Crippen LogP contribution < -0.4 is 0 Å². The summed E-state index contributed by atoms with van der Waals surface area (Å²) < 4.78 is 36.4. The molecule has 1 amide bonds. The molecule has 15 unspecified atom stereocenters. The van der Waals surface area contributed by atoms with Crippen LogP contribution in [0.4, 0.5) is 0 Å². The lowest BCUT2D eigenvalue weighted by Crippen LogP contribution is -2.64. The van der Waals surface area contributed by atoms with Crippen LogP contribution in [0.3, 0.4) is 0 Å². The lowest BCUT2D eigenvalue weighted by atomic mass is 9.81. The number of hydrogen-bond acceptors (Lipinski definition) is 14. The molecule has 0 radical (unpaired) electrons. The largest absolute Gasteiger partial charge is 0.508 e. The van der Waals surface area contributed by atoms with Gasteiger partial charge in [0.25, 0.3) is 11.7 Å². The van der Waals surface area contributed by atoms with Crippen molar-refractivity contribution < 1.29 is 68.0 Å². The zero-order valence-electron chi connectivity index (χ0n) is 40.6. The van der Waals surface area contributed by atoms with Gasteiger partial charge in [0.05, 0.1) is 37.1 Å². The van der Waals surface area contributed by atoms with Crippen LogP contribution in [-0.2, 0) is 47.6 Å². The molecule has 15 atom stereocenters. The van der Waals surface area contributed by atoms with Gasteiger partial charge in [-0.05, 0) is 113 Å². The number of ether oxygens (including phenoxy) is 6. The number of rotatable bonds is 10. The van der Waals surface area contributed by atoms with Gasteiger partial charge in [-0.3, -0.25) is 14.4 Å². The average molecular weight is 928 g/mol. The van der Waals surface area contributed by atoms with E-state index in [4.69, 9.17) is 28.4 Å². The number of carbonyl (C=O) groups excluding carboxylic acids is 4. The molecule has 4 aliphatic rings. The second-order valence-corrected chi connectivity index (χ2v) is 19.6. The quantitative estimate of drug-likeness (QED) is 0.122. The third-order valence-electron chi connectivity index (χ3n) is 14.6. The summed E-state index contributed by atoms with van der Waals surface area (Å²) in [6.45, 7) is 11.3. The highest BCUT2D eigenvalue weighted by Crippen LogP contribution is 2.39. The van der Waals surface area contributed by atoms with Crippen molar-refractivity contribution >= 4 is 23.4 Å². The number of aromatic hydroxyl groups is 1. The Kier molecular flexibility index (Phi) is 19.5. The van der Waals surface area contributed by atoms with E-state index >= 15 is 0 Å². The Balaban J connectivity index is 1.45. The van der Waals surface area contributed by atoms with Gasteiger partial charge < -0.3 is 53.7 Å². The number of fused-ring (bicyclic) bond motifs is 3. The summed E-state index contributed by atoms with van der Waals surface area (Å²) in [7, 11) is 4.67. The van der Waals surface area contributed by atoms with Crippen LogP contribution in [0.15, 0.2) is 47.6 Å². The lowest BCUT2D eigenvalue weighted by molar-refractivity contribution is -0.302. The van der Waals surface area contributed by atoms with Gasteiger partial charge in [-0.15, -0.1) is 0 Å². The fraction of sp³-hybridized carbons (Fsp3) is 0.725. The van der Waals surface area contributed by atoms with E-state index in [-0.39, 0.29) is 68.0 Å². The number of nitrogens with zero attached hydrogens (tertiary/aromatic N) is 1. The van der Waals surface area contributed by atoms with Gasteiger partial charge in [-0.25, -0.2) is 4.79 Å². The van der Waals surface area contributed by atoms with Crippen LogP contribution >= 0.6 is 0 Å². The summed E-state index contributed by atoms with van der Waals surface area (Å²) in [4.78, 5) is 58.3. The molecule has 0 aromatic heterocycles. The molecule has 4 N–H and O–H groups in total. The third-order valence-corrected chi connectivity index (χ3v) is 14.6. The highest BCUT2D eigenvalue weighted by atomic mass is 16.7. The number of piperidine rings is 1. The number of aliphatic hydroxyl groups is 3. The summed E-state index contributed by atoms with van der Waals surface area (Å²) in [5.74, 6) is -7.63. The maximum Gasteiger partial charge on any atom is 0.329 e. The van der Waals surface area contributed by atoms with Crippen molar-refractivity contribution in [2.45, 2.75) is 173 Å². The molecular formula is C51H77NO14. The van der Waals surface area contributed by atoms with Crippen LogP contribution in [-0.4, -0.2) is 138 Å². The molecule has 1 aromatic carbocycles. The van der Waals surface area contributed by atoms with Crippen molar-refractivity contribution in [3.05, 3.63) is 53.1 Å². The zero-order chi connectivity index (χ0) is 48.5. The van der Waals surface area contributed by atoms with Gasteiger partial charge in [-0.1, -0.05) is 57.6 Å². The first kappa shape index (κ1) is 53.4. The molecule has 370 valence electrons. The van der Waals surface area contributed by atoms with E-state index in [1.807, 2.05) is 39.8 Å². The molecule has 15 nitrogen and oxygen atoms in total. The number of allylic oxidation sites excluding steroid dienone is 3. The van der Waals surface area contributed by atoms with Gasteiger partial charge in [0.1, 0.15) is 35.9 Å². The van der Waals surface area contributed by atoms with Crippen molar-refractivity contribution in [2.75, 3.05) is 34.5 Å². The minimum atomic E-state index is -2.52. The Hall–Kier alpha value is -3.54. The standard InChI is InChI=1S/C51H77NO14/c1-10-35-22-29(2)21-30(3)23-44(62-8)47-45(63-9)25-32(5)51(60,66-47)48(57)49(58)52-20-12-11-13-38(52)50(59)65-46(33(6)39(54)27-40(35)55)31(4)24-34-14-19-42(43(26-34)61-7)64-28-41(56)36-15-17-37(53)18-16-36/h15-18,22,24,30,32-35,38-39,41-47,53-54,56,60H,10-14,19-21,23,25-28H2,1-9H3. The van der Waals surface area contributed by atoms with Gasteiger partial charge in [0.2, 0.25) is 5.79 Å². The minimum Gasteiger partial charge on any atom is -0.508 e. The Morgan fingerprint density at radius 2 is 1.58 bits per heavy atom. The number of aliphatic hydroxyl groups excluding tert-OH is 2. The Bertz CT molecular complexity index is 1850. The smallest absolute Gasteiger partial charge is 0.329 e. The molecule has 66 heavy (non-hydrogen) atoms. The van der Waals surface area contributed by atoms with E-state index in [2.05, 4.69) is 0 Å². The van der Waals surface area contributed by atoms with Crippen LogP contribution in [0.2, 0.25) is 0 Å². The number of phenols is 1. The van der Waals surface area contributed by atoms with Gasteiger partial charge in [0.15, 0.2) is 0 Å². The number of esters is 1. The zero-order valence-corrected chi connectivity index (χ0v) is 40.6. The summed E-state index contributed by atoms with van der Waals surface area (Å²) in [5.41, 5.74) is 2.25. The Morgan fingerprint density at radius 3 is 2.23 bits per heavy atom. The fourth-order valence-corrected chi connectivity index (χ4v) is 10.6. The summed E-state index contributed by atoms with van der Waals surface area (Å²) in [6, 6.07) is 5.14. The van der Waals surface area contributed by atoms with E-state index in [1.165, 1.54) is 31.3 Å². The number of methoxy groups -OCH3 is 3. The van der Waals surface area contributed by atoms with Crippen LogP contribution in [0.25, 0.3) is 0 Å². The molecule has 1 aliphatic carbocycles. The number of ketones is 2. The molecule has 1 saturated carbocycles. The van der Waals surface area contributed by atoms with Gasteiger partial charge in [-0.2, -0.15) is 0 Å². The first-order valence-electron chi connectivity index (χ1n) is 24.0. The number of cyclic esters (lactones) is 1. The average Bonchev–Trinajstić information content (AvgIpc) is 3.30. The van der Waals surface area contributed by atoms with E-state index < -0.39 is 83.9 Å². The molecule has 1 aromatic rings. The number of amides is 1. The summed E-state index contributed by atoms with van der Waals surface area (Å²) in [5, 5.41) is 44.3. The molecular weight excluding hydrogens is 851 g/mol. The number of hydrogen-bond donors (Lipinski definition) is 4. The van der Waals surface area contributed by atoms with Crippen molar-refractivity contribution in [3.8, 4) is 5.75 Å². The molecule has 3 fully saturated rings. The molecule has 15 heteroatoms. The predicted octanol–water partition coefficient (Wildman–Crippen LogP) is 5.94. The first-order chi connectivity index (χ1) is 31.3. The predicted molar refractivity (Wildman–Crippen MR) is 245 cm³/mol. The number of phenolic OH excluding ortho intramolecular Hbond substituents is 1. The van der Waals surface area contributed by atoms with Crippen molar-refractivity contribution in [3.63, 3.8) is 0 Å². The fourth-order valence-electron chi connectivity index (χ4n) is 10.6. The third kappa shape index (κ3) is 13.0. The SMILES string of the molecule is CCC1C=C(C)CC(C)CC(OC)C2OC(O)(C(=O)C(=O)N3CCCCC3C(=O)OC(C(C)=CC3CCC(OCC(O)c4ccc(O)cc4)C(OC)C3)C(C)C(O)CC1=O)C(C)CC2OC. The molecule has 2 bridgehead atoms. The summed E-state index contributed by atoms with van der Waals surface area (Å²) in [6.07, 6.45) is 2.94. The van der Waals surface area contributed by atoms with E-state index in [1.54, 1.807) is 33.1 Å². The van der Waals surface area contributed by atoms with Crippen molar-refractivity contribution in [1.82, 2.24) is 4.90 Å².